The summed E-state index contributed by atoms with van der Waals surface area (Å²) in [6.45, 7) is -0.392. The summed E-state index contributed by atoms with van der Waals surface area (Å²) in [7, 11) is 3.09. The van der Waals surface area contributed by atoms with Gasteiger partial charge in [0, 0.05) is 6.42 Å². The second kappa shape index (κ2) is 7.90. The Morgan fingerprint density at radius 2 is 1.56 bits per heavy atom. The molecule has 2 aromatic carbocycles. The van der Waals surface area contributed by atoms with Gasteiger partial charge in [-0.1, -0.05) is 18.2 Å². The van der Waals surface area contributed by atoms with Crippen LogP contribution in [0.15, 0.2) is 42.5 Å². The van der Waals surface area contributed by atoms with Crippen LogP contribution >= 0.6 is 0 Å². The predicted molar refractivity (Wildman–Crippen MR) is 95.8 cm³/mol. The van der Waals surface area contributed by atoms with Crippen molar-refractivity contribution in [2.75, 3.05) is 21.0 Å². The number of esters is 1. The van der Waals surface area contributed by atoms with Crippen molar-refractivity contribution >= 4 is 17.8 Å². The fourth-order valence-corrected chi connectivity index (χ4v) is 2.85. The third-order valence-electron chi connectivity index (χ3n) is 4.30. The number of carbonyl (C=O) groups excluding carboxylic acids is 3. The molecule has 140 valence electrons. The first-order valence-corrected chi connectivity index (χ1v) is 8.37. The van der Waals surface area contributed by atoms with Gasteiger partial charge < -0.3 is 14.2 Å². The lowest BCUT2D eigenvalue weighted by Gasteiger charge is -2.14. The van der Waals surface area contributed by atoms with Crippen LogP contribution in [0, 0.1) is 0 Å². The van der Waals surface area contributed by atoms with E-state index in [-0.39, 0.29) is 6.42 Å². The molecule has 2 amide bonds. The molecule has 0 spiro atoms. The molecular weight excluding hydrogens is 350 g/mol. The molecule has 0 radical (unpaired) electrons. The summed E-state index contributed by atoms with van der Waals surface area (Å²) in [6, 6.07) is 11.9. The zero-order chi connectivity index (χ0) is 19.4. The maximum absolute atomic E-state index is 12.2. The average Bonchev–Trinajstić information content (AvgIpc) is 2.95. The summed E-state index contributed by atoms with van der Waals surface area (Å²) in [4.78, 5) is 37.4. The average molecular weight is 369 g/mol. The molecule has 0 N–H and O–H groups in total. The van der Waals surface area contributed by atoms with Crippen molar-refractivity contribution in [3.63, 3.8) is 0 Å². The van der Waals surface area contributed by atoms with Gasteiger partial charge in [0.05, 0.1) is 25.3 Å². The van der Waals surface area contributed by atoms with Crippen LogP contribution in [-0.4, -0.2) is 43.6 Å². The first-order chi connectivity index (χ1) is 13.0. The molecule has 0 aliphatic carbocycles. The lowest BCUT2D eigenvalue weighted by atomic mass is 10.1. The first kappa shape index (κ1) is 18.4. The van der Waals surface area contributed by atoms with E-state index in [9.17, 15) is 14.4 Å². The number of methoxy groups -OCH3 is 2. The number of ether oxygens (including phenoxy) is 3. The van der Waals surface area contributed by atoms with Gasteiger partial charge >= 0.3 is 5.97 Å². The maximum Gasteiger partial charge on any atom is 0.307 e. The highest BCUT2D eigenvalue weighted by atomic mass is 16.5. The van der Waals surface area contributed by atoms with Gasteiger partial charge in [-0.05, 0) is 36.2 Å². The lowest BCUT2D eigenvalue weighted by Crippen LogP contribution is -2.33. The van der Waals surface area contributed by atoms with Crippen molar-refractivity contribution in [3.05, 3.63) is 59.2 Å². The molecule has 0 atom stereocenters. The molecule has 3 rings (SSSR count). The molecule has 0 saturated carbocycles. The van der Waals surface area contributed by atoms with E-state index in [1.807, 2.05) is 6.07 Å². The first-order valence-electron chi connectivity index (χ1n) is 8.37. The molecule has 0 fully saturated rings. The number of benzene rings is 2. The zero-order valence-electron chi connectivity index (χ0n) is 15.1. The summed E-state index contributed by atoms with van der Waals surface area (Å²) >= 11 is 0. The van der Waals surface area contributed by atoms with Gasteiger partial charge in [-0.15, -0.1) is 0 Å². The van der Waals surface area contributed by atoms with Crippen molar-refractivity contribution in [2.45, 2.75) is 12.8 Å². The Bertz CT molecular complexity index is 857. The van der Waals surface area contributed by atoms with Gasteiger partial charge in [-0.25, -0.2) is 4.90 Å². The van der Waals surface area contributed by atoms with Crippen molar-refractivity contribution in [1.29, 1.82) is 0 Å². The molecule has 1 heterocycles. The smallest absolute Gasteiger partial charge is 0.307 e. The Morgan fingerprint density at radius 1 is 0.926 bits per heavy atom. The Morgan fingerprint density at radius 3 is 2.15 bits per heavy atom. The minimum atomic E-state index is -0.499. The topological polar surface area (TPSA) is 82.1 Å². The van der Waals surface area contributed by atoms with Crippen molar-refractivity contribution < 1.29 is 28.6 Å². The van der Waals surface area contributed by atoms with E-state index in [1.165, 1.54) is 7.11 Å². The molecule has 0 aromatic heterocycles. The van der Waals surface area contributed by atoms with E-state index in [0.29, 0.717) is 29.0 Å². The number of amides is 2. The number of hydrogen-bond donors (Lipinski definition) is 0. The third-order valence-corrected chi connectivity index (χ3v) is 4.30. The zero-order valence-corrected chi connectivity index (χ0v) is 15.1. The van der Waals surface area contributed by atoms with Gasteiger partial charge in [0.1, 0.15) is 0 Å². The SMILES string of the molecule is COc1ccc(CCC(=O)OCN2C(=O)c3ccccc3C2=O)cc1OC. The van der Waals surface area contributed by atoms with Crippen LogP contribution in [0.4, 0.5) is 0 Å². The Kier molecular flexibility index (Phi) is 5.40. The van der Waals surface area contributed by atoms with Crippen LogP contribution in [0.3, 0.4) is 0 Å². The molecule has 1 aliphatic rings. The van der Waals surface area contributed by atoms with Gasteiger partial charge in [0.25, 0.3) is 11.8 Å². The van der Waals surface area contributed by atoms with E-state index in [0.717, 1.165) is 10.5 Å². The number of hydrogen-bond acceptors (Lipinski definition) is 6. The molecular formula is C20H19NO6. The van der Waals surface area contributed by atoms with Gasteiger partial charge in [0.15, 0.2) is 18.2 Å². The largest absolute Gasteiger partial charge is 0.493 e. The summed E-state index contributed by atoms with van der Waals surface area (Å²) in [6.07, 6.45) is 0.542. The molecule has 2 aromatic rings. The van der Waals surface area contributed by atoms with E-state index in [1.54, 1.807) is 43.5 Å². The monoisotopic (exact) mass is 369 g/mol. The molecule has 0 unspecified atom stereocenters. The highest BCUT2D eigenvalue weighted by molar-refractivity contribution is 6.21. The minimum absolute atomic E-state index is 0.110. The Labute approximate surface area is 156 Å². The number of aryl methyl sites for hydroxylation is 1. The predicted octanol–water partition coefficient (Wildman–Crippen LogP) is 2.43. The van der Waals surface area contributed by atoms with E-state index >= 15 is 0 Å². The normalized spacial score (nSPS) is 12.7. The standard InChI is InChI=1S/C20H19NO6/c1-25-16-9-7-13(11-17(16)26-2)8-10-18(22)27-12-21-19(23)14-5-3-4-6-15(14)20(21)24/h3-7,9,11H,8,10,12H2,1-2H3. The number of nitrogens with zero attached hydrogens (tertiary/aromatic N) is 1. The van der Waals surface area contributed by atoms with Crippen LogP contribution in [0.5, 0.6) is 11.5 Å². The molecule has 7 nitrogen and oxygen atoms in total. The summed E-state index contributed by atoms with van der Waals surface area (Å²) in [5.41, 5.74) is 1.53. The molecule has 27 heavy (non-hydrogen) atoms. The Hall–Kier alpha value is -3.35. The van der Waals surface area contributed by atoms with Crippen LogP contribution in [-0.2, 0) is 16.0 Å². The van der Waals surface area contributed by atoms with Crippen molar-refractivity contribution in [3.8, 4) is 11.5 Å². The highest BCUT2D eigenvalue weighted by Gasteiger charge is 2.35. The van der Waals surface area contributed by atoms with E-state index in [4.69, 9.17) is 14.2 Å². The van der Waals surface area contributed by atoms with Gasteiger partial charge in [0.2, 0.25) is 0 Å². The Balaban J connectivity index is 1.54. The summed E-state index contributed by atoms with van der Waals surface area (Å²) < 4.78 is 15.5. The quantitative estimate of drug-likeness (QED) is 0.551. The van der Waals surface area contributed by atoms with Crippen molar-refractivity contribution in [2.24, 2.45) is 0 Å². The summed E-state index contributed by atoms with van der Waals surface area (Å²) in [5, 5.41) is 0. The summed E-state index contributed by atoms with van der Waals surface area (Å²) in [5.74, 6) is -0.225. The van der Waals surface area contributed by atoms with Crippen LogP contribution in [0.2, 0.25) is 0 Å². The number of fused-ring (bicyclic) bond motifs is 1. The fraction of sp³-hybridized carbons (Fsp3) is 0.250. The molecule has 0 saturated heterocycles. The number of imide groups is 1. The highest BCUT2D eigenvalue weighted by Crippen LogP contribution is 2.28. The molecule has 0 bridgehead atoms. The van der Waals surface area contributed by atoms with Crippen molar-refractivity contribution in [1.82, 2.24) is 4.90 Å². The number of carbonyl (C=O) groups is 3. The molecule has 1 aliphatic heterocycles. The maximum atomic E-state index is 12.2. The van der Waals surface area contributed by atoms with E-state index < -0.39 is 24.5 Å². The second-order valence-corrected chi connectivity index (χ2v) is 5.92. The fourth-order valence-electron chi connectivity index (χ4n) is 2.85. The lowest BCUT2D eigenvalue weighted by molar-refractivity contribution is -0.146. The van der Waals surface area contributed by atoms with E-state index in [2.05, 4.69) is 0 Å². The second-order valence-electron chi connectivity index (χ2n) is 5.92. The van der Waals surface area contributed by atoms with Gasteiger partial charge in [-0.2, -0.15) is 0 Å². The minimum Gasteiger partial charge on any atom is -0.493 e. The van der Waals surface area contributed by atoms with Gasteiger partial charge in [-0.3, -0.25) is 14.4 Å². The third kappa shape index (κ3) is 3.76. The van der Waals surface area contributed by atoms with Crippen LogP contribution in [0.1, 0.15) is 32.7 Å². The van der Waals surface area contributed by atoms with Crippen LogP contribution < -0.4 is 9.47 Å². The number of rotatable bonds is 7. The van der Waals surface area contributed by atoms with Crippen LogP contribution in [0.25, 0.3) is 0 Å². The molecule has 7 heteroatoms.